The van der Waals surface area contributed by atoms with E-state index in [1.54, 1.807) is 13.8 Å². The molecule has 0 atom stereocenters. The molecular formula is C14H13F3N2O2. The zero-order valence-corrected chi connectivity index (χ0v) is 11.3. The summed E-state index contributed by atoms with van der Waals surface area (Å²) in [5, 5.41) is 2.37. The van der Waals surface area contributed by atoms with Gasteiger partial charge in [0, 0.05) is 28.6 Å². The van der Waals surface area contributed by atoms with E-state index in [2.05, 4.69) is 10.3 Å². The van der Waals surface area contributed by atoms with Crippen molar-refractivity contribution in [2.24, 2.45) is 5.92 Å². The molecule has 2 rings (SSSR count). The van der Waals surface area contributed by atoms with E-state index in [4.69, 9.17) is 0 Å². The Morgan fingerprint density at radius 2 is 1.90 bits per heavy atom. The lowest BCUT2D eigenvalue weighted by Gasteiger charge is -2.12. The van der Waals surface area contributed by atoms with Gasteiger partial charge in [-0.1, -0.05) is 13.8 Å². The SMILES string of the molecule is CC(C)C(=O)Nc1ccc2[nH]c(=O)cc(C(F)(F)F)c2c1. The highest BCUT2D eigenvalue weighted by Gasteiger charge is 2.33. The van der Waals surface area contributed by atoms with Crippen LogP contribution in [-0.2, 0) is 11.0 Å². The van der Waals surface area contributed by atoms with Crippen LogP contribution in [0.15, 0.2) is 29.1 Å². The Balaban J connectivity index is 2.58. The van der Waals surface area contributed by atoms with E-state index in [0.29, 0.717) is 6.07 Å². The van der Waals surface area contributed by atoms with Crippen LogP contribution in [0.5, 0.6) is 0 Å². The maximum absolute atomic E-state index is 13.0. The average molecular weight is 298 g/mol. The highest BCUT2D eigenvalue weighted by atomic mass is 19.4. The predicted octanol–water partition coefficient (Wildman–Crippen LogP) is 3.14. The van der Waals surface area contributed by atoms with Gasteiger partial charge in [-0.25, -0.2) is 0 Å². The van der Waals surface area contributed by atoms with Crippen molar-refractivity contribution in [1.82, 2.24) is 4.98 Å². The number of anilines is 1. The van der Waals surface area contributed by atoms with Gasteiger partial charge in [0.1, 0.15) is 0 Å². The standard InChI is InChI=1S/C14H13F3N2O2/c1-7(2)13(21)18-8-3-4-11-9(5-8)10(14(15,16)17)6-12(20)19-11/h3-7H,1-2H3,(H,18,21)(H,19,20). The molecule has 4 nitrogen and oxygen atoms in total. The number of fused-ring (bicyclic) bond motifs is 1. The van der Waals surface area contributed by atoms with Gasteiger partial charge in [-0.2, -0.15) is 13.2 Å². The molecule has 0 radical (unpaired) electrons. The molecule has 21 heavy (non-hydrogen) atoms. The number of aromatic amines is 1. The van der Waals surface area contributed by atoms with Gasteiger partial charge in [0.25, 0.3) is 0 Å². The topological polar surface area (TPSA) is 62.0 Å². The number of rotatable bonds is 2. The first-order valence-corrected chi connectivity index (χ1v) is 6.23. The first-order chi connectivity index (χ1) is 9.68. The van der Waals surface area contributed by atoms with Gasteiger partial charge in [-0.05, 0) is 18.2 Å². The van der Waals surface area contributed by atoms with Crippen molar-refractivity contribution in [3.8, 4) is 0 Å². The predicted molar refractivity (Wildman–Crippen MR) is 73.0 cm³/mol. The van der Waals surface area contributed by atoms with Crippen LogP contribution < -0.4 is 10.9 Å². The summed E-state index contributed by atoms with van der Waals surface area (Å²) in [6.45, 7) is 3.35. The van der Waals surface area contributed by atoms with Gasteiger partial charge in [-0.3, -0.25) is 9.59 Å². The molecular weight excluding hydrogens is 285 g/mol. The number of benzene rings is 1. The Hall–Kier alpha value is -2.31. The number of pyridine rings is 1. The summed E-state index contributed by atoms with van der Waals surface area (Å²) in [6, 6.07) is 4.49. The van der Waals surface area contributed by atoms with E-state index < -0.39 is 17.3 Å². The Bertz CT molecular complexity index is 748. The van der Waals surface area contributed by atoms with Gasteiger partial charge < -0.3 is 10.3 Å². The fourth-order valence-electron chi connectivity index (χ4n) is 1.85. The molecule has 7 heteroatoms. The molecule has 1 amide bonds. The highest BCUT2D eigenvalue weighted by Crippen LogP contribution is 2.34. The molecule has 112 valence electrons. The summed E-state index contributed by atoms with van der Waals surface area (Å²) in [7, 11) is 0. The minimum atomic E-state index is -4.65. The number of carbonyl (C=O) groups is 1. The van der Waals surface area contributed by atoms with Crippen molar-refractivity contribution in [3.63, 3.8) is 0 Å². The van der Waals surface area contributed by atoms with Crippen LogP contribution in [0, 0.1) is 5.92 Å². The minimum Gasteiger partial charge on any atom is -0.326 e. The highest BCUT2D eigenvalue weighted by molar-refractivity contribution is 5.95. The molecule has 1 aromatic heterocycles. The third-order valence-corrected chi connectivity index (χ3v) is 2.94. The number of halogens is 3. The second-order valence-corrected chi connectivity index (χ2v) is 4.95. The lowest BCUT2D eigenvalue weighted by Crippen LogP contribution is -2.18. The molecule has 0 unspecified atom stereocenters. The Morgan fingerprint density at radius 1 is 1.24 bits per heavy atom. The van der Waals surface area contributed by atoms with Crippen LogP contribution in [0.1, 0.15) is 19.4 Å². The Labute approximate surface area is 118 Å². The van der Waals surface area contributed by atoms with Crippen LogP contribution in [0.25, 0.3) is 10.9 Å². The minimum absolute atomic E-state index is 0.0670. The molecule has 1 aromatic carbocycles. The van der Waals surface area contributed by atoms with Gasteiger partial charge in [0.2, 0.25) is 11.5 Å². The van der Waals surface area contributed by atoms with Crippen LogP contribution in [0.4, 0.5) is 18.9 Å². The summed E-state index contributed by atoms with van der Waals surface area (Å²) >= 11 is 0. The normalized spacial score (nSPS) is 11.9. The summed E-state index contributed by atoms with van der Waals surface area (Å²) in [6.07, 6.45) is -4.65. The number of H-pyrrole nitrogens is 1. The zero-order chi connectivity index (χ0) is 15.8. The van der Waals surface area contributed by atoms with Crippen LogP contribution in [-0.4, -0.2) is 10.9 Å². The second-order valence-electron chi connectivity index (χ2n) is 4.95. The molecule has 0 bridgehead atoms. The van der Waals surface area contributed by atoms with Crippen molar-refractivity contribution in [3.05, 3.63) is 40.2 Å². The first kappa shape index (κ1) is 15.1. The van der Waals surface area contributed by atoms with Crippen molar-refractivity contribution in [2.75, 3.05) is 5.32 Å². The summed E-state index contributed by atoms with van der Waals surface area (Å²) < 4.78 is 38.9. The molecule has 2 aromatic rings. The molecule has 0 spiro atoms. The molecule has 2 N–H and O–H groups in total. The van der Waals surface area contributed by atoms with E-state index >= 15 is 0 Å². The molecule has 1 heterocycles. The third kappa shape index (κ3) is 3.24. The van der Waals surface area contributed by atoms with Crippen molar-refractivity contribution in [1.29, 1.82) is 0 Å². The summed E-state index contributed by atoms with van der Waals surface area (Å²) in [5.74, 6) is -0.592. The van der Waals surface area contributed by atoms with Gasteiger partial charge in [0.05, 0.1) is 5.56 Å². The largest absolute Gasteiger partial charge is 0.417 e. The monoisotopic (exact) mass is 298 g/mol. The Kier molecular flexibility index (Phi) is 3.76. The number of nitrogens with one attached hydrogen (secondary N) is 2. The van der Waals surface area contributed by atoms with Crippen molar-refractivity contribution >= 4 is 22.5 Å². The molecule has 0 saturated heterocycles. The van der Waals surface area contributed by atoms with Crippen LogP contribution in [0.2, 0.25) is 0 Å². The van der Waals surface area contributed by atoms with Gasteiger partial charge >= 0.3 is 6.18 Å². The van der Waals surface area contributed by atoms with Crippen molar-refractivity contribution < 1.29 is 18.0 Å². The Morgan fingerprint density at radius 3 is 2.48 bits per heavy atom. The number of amides is 1. The number of hydrogen-bond acceptors (Lipinski definition) is 2. The van der Waals surface area contributed by atoms with E-state index in [-0.39, 0.29) is 28.4 Å². The maximum Gasteiger partial charge on any atom is 0.417 e. The average Bonchev–Trinajstić information content (AvgIpc) is 2.36. The molecule has 0 saturated carbocycles. The van der Waals surface area contributed by atoms with E-state index in [0.717, 1.165) is 0 Å². The molecule has 0 aliphatic rings. The number of carbonyl (C=O) groups excluding carboxylic acids is 1. The lowest BCUT2D eigenvalue weighted by atomic mass is 10.1. The van der Waals surface area contributed by atoms with Gasteiger partial charge in [-0.15, -0.1) is 0 Å². The molecule has 0 aliphatic carbocycles. The molecule has 0 aliphatic heterocycles. The summed E-state index contributed by atoms with van der Waals surface area (Å²) in [5.41, 5.74) is -1.54. The van der Waals surface area contributed by atoms with Gasteiger partial charge in [0.15, 0.2) is 0 Å². The number of alkyl halides is 3. The van der Waals surface area contributed by atoms with Crippen LogP contribution in [0.3, 0.4) is 0 Å². The van der Waals surface area contributed by atoms with E-state index in [9.17, 15) is 22.8 Å². The first-order valence-electron chi connectivity index (χ1n) is 6.23. The number of hydrogen-bond donors (Lipinski definition) is 2. The quantitative estimate of drug-likeness (QED) is 0.894. The lowest BCUT2D eigenvalue weighted by molar-refractivity contribution is -0.136. The zero-order valence-electron chi connectivity index (χ0n) is 11.3. The summed E-state index contributed by atoms with van der Waals surface area (Å²) in [4.78, 5) is 25.2. The maximum atomic E-state index is 13.0. The second kappa shape index (κ2) is 5.23. The van der Waals surface area contributed by atoms with Crippen molar-refractivity contribution in [2.45, 2.75) is 20.0 Å². The number of aromatic nitrogens is 1. The van der Waals surface area contributed by atoms with Crippen LogP contribution >= 0.6 is 0 Å². The smallest absolute Gasteiger partial charge is 0.326 e. The van der Waals surface area contributed by atoms with E-state index in [1.807, 2.05) is 0 Å². The fraction of sp³-hybridized carbons (Fsp3) is 0.286. The fourth-order valence-corrected chi connectivity index (χ4v) is 1.85. The van der Waals surface area contributed by atoms with E-state index in [1.165, 1.54) is 18.2 Å². The third-order valence-electron chi connectivity index (χ3n) is 2.94. The molecule has 0 fully saturated rings.